The molecule has 0 spiro atoms. The summed E-state index contributed by atoms with van der Waals surface area (Å²) < 4.78 is 19.7. The van der Waals surface area contributed by atoms with E-state index in [1.807, 2.05) is 42.5 Å². The van der Waals surface area contributed by atoms with Gasteiger partial charge in [-0.25, -0.2) is 9.18 Å². The van der Waals surface area contributed by atoms with Crippen molar-refractivity contribution in [3.8, 4) is 5.75 Å². The van der Waals surface area contributed by atoms with Gasteiger partial charge in [0.15, 0.2) is 0 Å². The molecule has 1 fully saturated rings. The van der Waals surface area contributed by atoms with E-state index in [9.17, 15) is 14.3 Å². The number of methoxy groups -OCH3 is 1. The van der Waals surface area contributed by atoms with E-state index in [1.54, 1.807) is 36.3 Å². The van der Waals surface area contributed by atoms with Crippen LogP contribution in [0.3, 0.4) is 0 Å². The molecule has 2 amide bonds. The standard InChI is InChI=1S/C26H26FN3O3/c1-33-24-13-7-5-11-20(24)28-26(32)30-15-22-25(18-9-3-6-12-21(18)30)23(16-31)29(22)14-17-8-2-4-10-19(17)27/h2-13,22-23,25,31H,14-16H2,1H3,(H,28,32)/t22-,23+,25+/m0/s1. The number of likely N-dealkylation sites (tertiary alicyclic amines) is 1. The van der Waals surface area contributed by atoms with Crippen LogP contribution in [0.1, 0.15) is 17.0 Å². The fraction of sp³-hybridized carbons (Fsp3) is 0.269. The van der Waals surface area contributed by atoms with E-state index in [0.717, 1.165) is 11.3 Å². The van der Waals surface area contributed by atoms with Gasteiger partial charge in [-0.05, 0) is 29.8 Å². The van der Waals surface area contributed by atoms with E-state index < -0.39 is 0 Å². The number of fused-ring (bicyclic) bond motifs is 3. The van der Waals surface area contributed by atoms with E-state index in [4.69, 9.17) is 4.74 Å². The molecule has 0 bridgehead atoms. The number of carbonyl (C=O) groups excluding carboxylic acids is 1. The zero-order valence-electron chi connectivity index (χ0n) is 18.3. The quantitative estimate of drug-likeness (QED) is 0.615. The molecule has 3 aromatic carbocycles. The molecule has 2 heterocycles. The van der Waals surface area contributed by atoms with Gasteiger partial charge in [-0.15, -0.1) is 0 Å². The Balaban J connectivity index is 1.45. The summed E-state index contributed by atoms with van der Waals surface area (Å²) in [5, 5.41) is 13.1. The molecule has 2 aliphatic rings. The van der Waals surface area contributed by atoms with Gasteiger partial charge in [0.05, 0.1) is 19.4 Å². The lowest BCUT2D eigenvalue weighted by molar-refractivity contribution is -0.0490. The van der Waals surface area contributed by atoms with Gasteiger partial charge in [-0.1, -0.05) is 48.5 Å². The van der Waals surface area contributed by atoms with Crippen molar-refractivity contribution in [2.75, 3.05) is 30.5 Å². The van der Waals surface area contributed by atoms with Crippen LogP contribution in [0.25, 0.3) is 0 Å². The summed E-state index contributed by atoms with van der Waals surface area (Å²) in [4.78, 5) is 17.2. The Hall–Kier alpha value is -3.42. The summed E-state index contributed by atoms with van der Waals surface area (Å²) in [5.41, 5.74) is 3.02. The number of rotatable bonds is 5. The van der Waals surface area contributed by atoms with E-state index in [2.05, 4.69) is 10.2 Å². The molecule has 170 valence electrons. The molecule has 5 rings (SSSR count). The van der Waals surface area contributed by atoms with Crippen molar-refractivity contribution in [1.82, 2.24) is 4.90 Å². The fourth-order valence-corrected chi connectivity index (χ4v) is 5.15. The molecule has 7 heteroatoms. The van der Waals surface area contributed by atoms with Crippen LogP contribution >= 0.6 is 0 Å². The number of amides is 2. The number of hydrogen-bond acceptors (Lipinski definition) is 4. The first-order chi connectivity index (χ1) is 16.1. The molecule has 33 heavy (non-hydrogen) atoms. The van der Waals surface area contributed by atoms with Crippen LogP contribution in [0.2, 0.25) is 0 Å². The van der Waals surface area contributed by atoms with Gasteiger partial charge in [-0.2, -0.15) is 0 Å². The highest BCUT2D eigenvalue weighted by Crippen LogP contribution is 2.48. The Morgan fingerprint density at radius 2 is 1.82 bits per heavy atom. The molecular weight excluding hydrogens is 421 g/mol. The predicted octanol–water partition coefficient (Wildman–Crippen LogP) is 4.22. The number of carbonyl (C=O) groups is 1. The van der Waals surface area contributed by atoms with Crippen molar-refractivity contribution in [3.63, 3.8) is 0 Å². The normalized spacial score (nSPS) is 21.5. The number of aliphatic hydroxyl groups is 1. The maximum absolute atomic E-state index is 14.3. The minimum Gasteiger partial charge on any atom is -0.495 e. The number of halogens is 1. The molecule has 0 unspecified atom stereocenters. The number of anilines is 2. The highest BCUT2D eigenvalue weighted by atomic mass is 19.1. The first-order valence-corrected chi connectivity index (χ1v) is 11.0. The second-order valence-corrected chi connectivity index (χ2v) is 8.41. The lowest BCUT2D eigenvalue weighted by atomic mass is 9.72. The molecule has 0 aromatic heterocycles. The maximum Gasteiger partial charge on any atom is 0.326 e. The molecular formula is C26H26FN3O3. The Labute approximate surface area is 192 Å². The zero-order valence-corrected chi connectivity index (χ0v) is 18.3. The van der Waals surface area contributed by atoms with E-state index >= 15 is 0 Å². The Bertz CT molecular complexity index is 1170. The van der Waals surface area contributed by atoms with Crippen molar-refractivity contribution in [1.29, 1.82) is 0 Å². The molecule has 0 saturated carbocycles. The van der Waals surface area contributed by atoms with Gasteiger partial charge in [0.2, 0.25) is 0 Å². The topological polar surface area (TPSA) is 65.0 Å². The molecule has 2 N–H and O–H groups in total. The third-order valence-corrected chi connectivity index (χ3v) is 6.73. The predicted molar refractivity (Wildman–Crippen MR) is 125 cm³/mol. The van der Waals surface area contributed by atoms with Gasteiger partial charge in [0, 0.05) is 42.3 Å². The van der Waals surface area contributed by atoms with Crippen molar-refractivity contribution in [2.24, 2.45) is 0 Å². The number of nitrogens with zero attached hydrogens (tertiary/aromatic N) is 2. The SMILES string of the molecule is COc1ccccc1NC(=O)N1C[C@H]2[C@@H](c3ccccc31)[C@@H](CO)N2Cc1ccccc1F. The zero-order chi connectivity index (χ0) is 22.9. The first kappa shape index (κ1) is 21.4. The van der Waals surface area contributed by atoms with Gasteiger partial charge >= 0.3 is 6.03 Å². The van der Waals surface area contributed by atoms with Crippen molar-refractivity contribution < 1.29 is 19.0 Å². The largest absolute Gasteiger partial charge is 0.495 e. The number of ether oxygens (including phenoxy) is 1. The summed E-state index contributed by atoms with van der Waals surface area (Å²) in [6.07, 6.45) is 0. The lowest BCUT2D eigenvalue weighted by Gasteiger charge is -2.59. The van der Waals surface area contributed by atoms with Crippen LogP contribution in [0.5, 0.6) is 5.75 Å². The summed E-state index contributed by atoms with van der Waals surface area (Å²) in [7, 11) is 1.57. The molecule has 3 atom stereocenters. The monoisotopic (exact) mass is 447 g/mol. The van der Waals surface area contributed by atoms with Crippen molar-refractivity contribution in [3.05, 3.63) is 89.7 Å². The highest BCUT2D eigenvalue weighted by molar-refractivity contribution is 6.03. The molecule has 6 nitrogen and oxygen atoms in total. The van der Waals surface area contributed by atoms with Crippen LogP contribution < -0.4 is 15.0 Å². The first-order valence-electron chi connectivity index (χ1n) is 11.0. The summed E-state index contributed by atoms with van der Waals surface area (Å²) in [5.74, 6) is 0.395. The van der Waals surface area contributed by atoms with Crippen LogP contribution in [0.4, 0.5) is 20.6 Å². The summed E-state index contributed by atoms with van der Waals surface area (Å²) in [6, 6.07) is 21.4. The van der Waals surface area contributed by atoms with E-state index in [1.165, 1.54) is 6.07 Å². The molecule has 3 aromatic rings. The van der Waals surface area contributed by atoms with E-state index in [0.29, 0.717) is 30.1 Å². The minimum absolute atomic E-state index is 0.0277. The van der Waals surface area contributed by atoms with Gasteiger partial charge in [0.25, 0.3) is 0 Å². The van der Waals surface area contributed by atoms with Crippen molar-refractivity contribution >= 4 is 17.4 Å². The molecule has 0 aliphatic carbocycles. The number of para-hydroxylation sites is 3. The third-order valence-electron chi connectivity index (χ3n) is 6.73. The second-order valence-electron chi connectivity index (χ2n) is 8.41. The van der Waals surface area contributed by atoms with Crippen LogP contribution in [-0.4, -0.2) is 48.4 Å². The summed E-state index contributed by atoms with van der Waals surface area (Å²) >= 11 is 0. The number of aliphatic hydroxyl groups excluding tert-OH is 1. The van der Waals surface area contributed by atoms with Crippen LogP contribution in [-0.2, 0) is 6.54 Å². The average Bonchev–Trinajstić information content (AvgIpc) is 2.83. The number of benzene rings is 3. The lowest BCUT2D eigenvalue weighted by Crippen LogP contribution is -2.69. The highest BCUT2D eigenvalue weighted by Gasteiger charge is 2.53. The van der Waals surface area contributed by atoms with Gasteiger partial charge in [0.1, 0.15) is 11.6 Å². The fourth-order valence-electron chi connectivity index (χ4n) is 5.15. The number of hydrogen-bond donors (Lipinski definition) is 2. The van der Waals surface area contributed by atoms with E-state index in [-0.39, 0.29) is 36.5 Å². The Morgan fingerprint density at radius 1 is 1.09 bits per heavy atom. The molecule has 1 saturated heterocycles. The average molecular weight is 448 g/mol. The molecule has 2 aliphatic heterocycles. The van der Waals surface area contributed by atoms with Crippen LogP contribution in [0.15, 0.2) is 72.8 Å². The smallest absolute Gasteiger partial charge is 0.326 e. The van der Waals surface area contributed by atoms with Gasteiger partial charge in [-0.3, -0.25) is 9.80 Å². The number of urea groups is 1. The van der Waals surface area contributed by atoms with Gasteiger partial charge < -0.3 is 15.2 Å². The van der Waals surface area contributed by atoms with Crippen LogP contribution in [0, 0.1) is 5.82 Å². The summed E-state index contributed by atoms with van der Waals surface area (Å²) in [6.45, 7) is 0.786. The molecule has 0 radical (unpaired) electrons. The Morgan fingerprint density at radius 3 is 2.61 bits per heavy atom. The maximum atomic E-state index is 14.3. The second kappa shape index (κ2) is 8.84. The van der Waals surface area contributed by atoms with Crippen molar-refractivity contribution in [2.45, 2.75) is 24.5 Å². The third kappa shape index (κ3) is 3.73. The Kier molecular flexibility index (Phi) is 5.74. The minimum atomic E-state index is -0.264. The number of nitrogens with one attached hydrogen (secondary N) is 1.